The van der Waals surface area contributed by atoms with Crippen LogP contribution in [0.4, 0.5) is 0 Å². The van der Waals surface area contributed by atoms with Crippen LogP contribution in [0.2, 0.25) is 0 Å². The number of nitrogens with one attached hydrogen (secondary N) is 1. The van der Waals surface area contributed by atoms with Gasteiger partial charge in [0.2, 0.25) is 0 Å². The Bertz CT molecular complexity index is 584. The fourth-order valence-corrected chi connectivity index (χ4v) is 3.86. The minimum atomic E-state index is -3.40. The van der Waals surface area contributed by atoms with Gasteiger partial charge in [-0.3, -0.25) is 10.1 Å². The average Bonchev–Trinajstić information content (AvgIpc) is 2.36. The van der Waals surface area contributed by atoms with Crippen molar-refractivity contribution in [1.29, 1.82) is 0 Å². The zero-order valence-electron chi connectivity index (χ0n) is 10.4. The predicted molar refractivity (Wildman–Crippen MR) is 68.9 cm³/mol. The first-order valence-electron chi connectivity index (χ1n) is 5.75. The van der Waals surface area contributed by atoms with E-state index in [-0.39, 0.29) is 11.5 Å². The monoisotopic (exact) mass is 285 g/mol. The quantitative estimate of drug-likeness (QED) is 0.824. The molecular weight excluding hydrogens is 270 g/mol. The Labute approximate surface area is 111 Å². The van der Waals surface area contributed by atoms with E-state index in [0.717, 1.165) is 0 Å². The fourth-order valence-electron chi connectivity index (χ4n) is 2.19. The third-order valence-electron chi connectivity index (χ3n) is 3.06. The molecule has 2 N–H and O–H groups in total. The zero-order valence-corrected chi connectivity index (χ0v) is 11.2. The van der Waals surface area contributed by atoms with Crippen molar-refractivity contribution in [3.63, 3.8) is 0 Å². The lowest BCUT2D eigenvalue weighted by Crippen LogP contribution is -2.51. The van der Waals surface area contributed by atoms with E-state index < -0.39 is 27.9 Å². The molecule has 0 spiro atoms. The van der Waals surface area contributed by atoms with Crippen molar-refractivity contribution in [3.8, 4) is 5.75 Å². The van der Waals surface area contributed by atoms with Gasteiger partial charge < -0.3 is 9.84 Å². The summed E-state index contributed by atoms with van der Waals surface area (Å²) >= 11 is 0. The number of hydrogen-bond donors (Lipinski definition) is 2. The second kappa shape index (κ2) is 5.18. The first-order chi connectivity index (χ1) is 8.93. The number of sulfone groups is 1. The summed E-state index contributed by atoms with van der Waals surface area (Å²) in [7, 11) is -1.91. The van der Waals surface area contributed by atoms with E-state index >= 15 is 0 Å². The number of carboxylic acid groups (broad SMARTS) is 1. The van der Waals surface area contributed by atoms with Crippen LogP contribution in [0.15, 0.2) is 24.3 Å². The molecule has 19 heavy (non-hydrogen) atoms. The van der Waals surface area contributed by atoms with Crippen molar-refractivity contribution in [3.05, 3.63) is 29.8 Å². The molecule has 104 valence electrons. The molecule has 0 amide bonds. The number of rotatable bonds is 3. The summed E-state index contributed by atoms with van der Waals surface area (Å²) < 4.78 is 28.8. The van der Waals surface area contributed by atoms with E-state index in [4.69, 9.17) is 9.84 Å². The van der Waals surface area contributed by atoms with Gasteiger partial charge in [0.15, 0.2) is 9.84 Å². The van der Waals surface area contributed by atoms with Gasteiger partial charge in [-0.2, -0.15) is 0 Å². The summed E-state index contributed by atoms with van der Waals surface area (Å²) in [6, 6.07) is 5.32. The number of aliphatic carboxylic acids is 1. The van der Waals surface area contributed by atoms with Gasteiger partial charge >= 0.3 is 5.97 Å². The molecule has 0 saturated carbocycles. The minimum Gasteiger partial charge on any atom is -0.496 e. The first-order valence-corrected chi connectivity index (χ1v) is 7.57. The molecule has 1 aliphatic rings. The molecule has 0 aromatic heterocycles. The van der Waals surface area contributed by atoms with Crippen molar-refractivity contribution in [2.75, 3.05) is 18.6 Å². The van der Waals surface area contributed by atoms with Crippen LogP contribution in [0.3, 0.4) is 0 Å². The number of para-hydroxylation sites is 1. The maximum Gasteiger partial charge on any atom is 0.321 e. The van der Waals surface area contributed by atoms with Crippen molar-refractivity contribution in [1.82, 2.24) is 5.32 Å². The summed E-state index contributed by atoms with van der Waals surface area (Å²) in [6.07, 6.45) is 0. The predicted octanol–water partition coefficient (Wildman–Crippen LogP) is 0.207. The molecule has 7 heteroatoms. The van der Waals surface area contributed by atoms with E-state index in [0.29, 0.717) is 11.3 Å². The summed E-state index contributed by atoms with van der Waals surface area (Å²) in [5.74, 6) is -1.13. The van der Waals surface area contributed by atoms with Crippen molar-refractivity contribution >= 4 is 15.8 Å². The number of hydrogen-bond acceptors (Lipinski definition) is 5. The van der Waals surface area contributed by atoms with E-state index in [1.165, 1.54) is 7.11 Å². The first kappa shape index (κ1) is 13.8. The molecule has 0 bridgehead atoms. The highest BCUT2D eigenvalue weighted by atomic mass is 32.2. The van der Waals surface area contributed by atoms with Crippen LogP contribution in [0.25, 0.3) is 0 Å². The standard InChI is InChI=1S/C12H15NO5S/c1-18-11-5-3-2-4-8(11)9-6-19(16,17)7-10(13-9)12(14)15/h2-5,9-10,13H,6-7H2,1H3,(H,14,15). The topological polar surface area (TPSA) is 92.7 Å². The van der Waals surface area contributed by atoms with Crippen LogP contribution in [0, 0.1) is 0 Å². The molecule has 2 atom stereocenters. The number of ether oxygens (including phenoxy) is 1. The largest absolute Gasteiger partial charge is 0.496 e. The molecule has 2 unspecified atom stereocenters. The lowest BCUT2D eigenvalue weighted by Gasteiger charge is -2.29. The van der Waals surface area contributed by atoms with Crippen LogP contribution in [0.5, 0.6) is 5.75 Å². The smallest absolute Gasteiger partial charge is 0.321 e. The summed E-state index contributed by atoms with van der Waals surface area (Å²) in [5, 5.41) is 11.8. The molecule has 6 nitrogen and oxygen atoms in total. The van der Waals surface area contributed by atoms with Crippen LogP contribution in [-0.4, -0.2) is 44.2 Å². The Morgan fingerprint density at radius 2 is 2.05 bits per heavy atom. The summed E-state index contributed by atoms with van der Waals surface area (Å²) in [4.78, 5) is 11.0. The number of carboxylic acids is 1. The number of methoxy groups -OCH3 is 1. The number of carbonyl (C=O) groups is 1. The lowest BCUT2D eigenvalue weighted by atomic mass is 10.1. The Morgan fingerprint density at radius 1 is 1.37 bits per heavy atom. The normalized spacial score (nSPS) is 25.7. The highest BCUT2D eigenvalue weighted by Crippen LogP contribution is 2.28. The Kier molecular flexibility index (Phi) is 3.77. The van der Waals surface area contributed by atoms with E-state index in [2.05, 4.69) is 5.32 Å². The van der Waals surface area contributed by atoms with Crippen molar-refractivity contribution in [2.24, 2.45) is 0 Å². The average molecular weight is 285 g/mol. The van der Waals surface area contributed by atoms with Crippen LogP contribution >= 0.6 is 0 Å². The molecule has 1 heterocycles. The highest BCUT2D eigenvalue weighted by Gasteiger charge is 2.36. The minimum absolute atomic E-state index is 0.128. The van der Waals surface area contributed by atoms with Gasteiger partial charge in [-0.15, -0.1) is 0 Å². The Hall–Kier alpha value is -1.60. The van der Waals surface area contributed by atoms with Crippen molar-refractivity contribution < 1.29 is 23.1 Å². The zero-order chi connectivity index (χ0) is 14.0. The molecule has 1 aliphatic heterocycles. The molecular formula is C12H15NO5S. The van der Waals surface area contributed by atoms with Gasteiger partial charge in [0.1, 0.15) is 11.8 Å². The molecule has 1 aromatic rings. The number of benzene rings is 1. The van der Waals surface area contributed by atoms with Gasteiger partial charge in [-0.05, 0) is 6.07 Å². The Morgan fingerprint density at radius 3 is 2.68 bits per heavy atom. The Balaban J connectivity index is 2.36. The van der Waals surface area contributed by atoms with Crippen molar-refractivity contribution in [2.45, 2.75) is 12.1 Å². The van der Waals surface area contributed by atoms with E-state index in [1.54, 1.807) is 24.3 Å². The molecule has 2 rings (SSSR count). The second-order valence-electron chi connectivity index (χ2n) is 4.43. The highest BCUT2D eigenvalue weighted by molar-refractivity contribution is 7.91. The maximum atomic E-state index is 11.8. The third-order valence-corrected chi connectivity index (χ3v) is 4.74. The molecule has 1 aromatic carbocycles. The summed E-state index contributed by atoms with van der Waals surface area (Å²) in [5.41, 5.74) is 0.652. The fraction of sp³-hybridized carbons (Fsp3) is 0.417. The van der Waals surface area contributed by atoms with E-state index in [9.17, 15) is 13.2 Å². The van der Waals surface area contributed by atoms with Crippen LogP contribution in [0.1, 0.15) is 11.6 Å². The molecule has 0 radical (unpaired) electrons. The second-order valence-corrected chi connectivity index (χ2v) is 6.58. The van der Waals surface area contributed by atoms with Gasteiger partial charge in [0.05, 0.1) is 24.7 Å². The van der Waals surface area contributed by atoms with Gasteiger partial charge in [0, 0.05) is 5.56 Å². The molecule has 0 aliphatic carbocycles. The van der Waals surface area contributed by atoms with E-state index in [1.807, 2.05) is 0 Å². The third kappa shape index (κ3) is 3.05. The maximum absolute atomic E-state index is 11.8. The molecule has 1 fully saturated rings. The van der Waals surface area contributed by atoms with Gasteiger partial charge in [-0.1, -0.05) is 18.2 Å². The summed E-state index contributed by atoms with van der Waals surface area (Å²) in [6.45, 7) is 0. The lowest BCUT2D eigenvalue weighted by molar-refractivity contribution is -0.139. The molecule has 1 saturated heterocycles. The SMILES string of the molecule is COc1ccccc1C1CS(=O)(=O)CC(C(=O)O)N1. The van der Waals surface area contributed by atoms with Gasteiger partial charge in [-0.25, -0.2) is 8.42 Å². The van der Waals surface area contributed by atoms with Gasteiger partial charge in [0.25, 0.3) is 0 Å². The van der Waals surface area contributed by atoms with Crippen LogP contribution in [-0.2, 0) is 14.6 Å². The van der Waals surface area contributed by atoms with Crippen LogP contribution < -0.4 is 10.1 Å².